The third-order valence-corrected chi connectivity index (χ3v) is 5.63. The molecule has 30 heavy (non-hydrogen) atoms. The van der Waals surface area contributed by atoms with Crippen LogP contribution in [0.25, 0.3) is 10.6 Å². The number of thiazole rings is 1. The first kappa shape index (κ1) is 20.0. The number of nitro groups is 1. The predicted octanol–water partition coefficient (Wildman–Crippen LogP) is 3.91. The van der Waals surface area contributed by atoms with Crippen molar-refractivity contribution < 1.29 is 19.2 Å². The fourth-order valence-electron chi connectivity index (χ4n) is 3.18. The van der Waals surface area contributed by atoms with E-state index in [4.69, 9.17) is 9.47 Å². The molecule has 0 saturated carbocycles. The summed E-state index contributed by atoms with van der Waals surface area (Å²) < 4.78 is 10.8. The summed E-state index contributed by atoms with van der Waals surface area (Å²) in [5.74, 6) is -0.616. The number of non-ortho nitro benzene ring substituents is 1. The lowest BCUT2D eigenvalue weighted by molar-refractivity contribution is -0.384. The highest BCUT2D eigenvalue weighted by atomic mass is 32.1. The molecule has 1 aromatic heterocycles. The van der Waals surface area contributed by atoms with Crippen LogP contribution in [0.5, 0.6) is 0 Å². The third kappa shape index (κ3) is 4.47. The molecule has 0 unspecified atom stereocenters. The lowest BCUT2D eigenvalue weighted by Crippen LogP contribution is -2.37. The lowest BCUT2D eigenvalue weighted by atomic mass is 10.1. The number of hydrogen-bond acceptors (Lipinski definition) is 8. The molecule has 9 heteroatoms. The number of carbonyl (C=O) groups is 1. The number of carbonyl (C=O) groups excluding carboxylic acids is 1. The van der Waals surface area contributed by atoms with E-state index in [9.17, 15) is 14.9 Å². The molecule has 0 amide bonds. The Morgan fingerprint density at radius 1 is 1.20 bits per heavy atom. The molecule has 1 aliphatic heterocycles. The molecule has 1 aliphatic rings. The molecule has 1 saturated heterocycles. The van der Waals surface area contributed by atoms with E-state index in [1.54, 1.807) is 6.07 Å². The summed E-state index contributed by atoms with van der Waals surface area (Å²) in [4.78, 5) is 30.0. The lowest BCUT2D eigenvalue weighted by Gasteiger charge is -2.30. The Kier molecular flexibility index (Phi) is 6.01. The highest BCUT2D eigenvalue weighted by molar-refractivity contribution is 7.13. The second-order valence-electron chi connectivity index (χ2n) is 6.64. The first-order valence-corrected chi connectivity index (χ1v) is 10.3. The Hall–Kier alpha value is -3.30. The van der Waals surface area contributed by atoms with Crippen molar-refractivity contribution in [3.63, 3.8) is 0 Å². The van der Waals surface area contributed by atoms with Gasteiger partial charge in [-0.1, -0.05) is 30.3 Å². The number of esters is 1. The zero-order chi connectivity index (χ0) is 20.9. The van der Waals surface area contributed by atoms with Gasteiger partial charge in [0.1, 0.15) is 11.6 Å². The Balaban J connectivity index is 1.51. The Labute approximate surface area is 176 Å². The van der Waals surface area contributed by atoms with E-state index in [-0.39, 0.29) is 17.9 Å². The van der Waals surface area contributed by atoms with E-state index in [0.29, 0.717) is 37.7 Å². The Morgan fingerprint density at radius 3 is 2.70 bits per heavy atom. The first-order valence-electron chi connectivity index (χ1n) is 9.40. The first-order chi connectivity index (χ1) is 14.6. The Bertz CT molecular complexity index is 1050. The third-order valence-electron chi connectivity index (χ3n) is 4.69. The van der Waals surface area contributed by atoms with Gasteiger partial charge in [0.25, 0.3) is 5.69 Å². The molecule has 2 heterocycles. The quantitative estimate of drug-likeness (QED) is 0.336. The van der Waals surface area contributed by atoms with Crippen LogP contribution in [-0.4, -0.2) is 42.2 Å². The van der Waals surface area contributed by atoms with Gasteiger partial charge in [0, 0.05) is 36.2 Å². The van der Waals surface area contributed by atoms with Gasteiger partial charge in [-0.2, -0.15) is 0 Å². The predicted molar refractivity (Wildman–Crippen MR) is 113 cm³/mol. The molecule has 0 bridgehead atoms. The fraction of sp³-hybridized carbons (Fsp3) is 0.238. The average Bonchev–Trinajstić information content (AvgIpc) is 3.27. The molecule has 8 nitrogen and oxygen atoms in total. The number of anilines is 1. The Morgan fingerprint density at radius 2 is 1.97 bits per heavy atom. The molecule has 0 spiro atoms. The molecule has 0 N–H and O–H groups in total. The van der Waals surface area contributed by atoms with Crippen LogP contribution in [0.2, 0.25) is 0 Å². The van der Waals surface area contributed by atoms with Crippen LogP contribution in [-0.2, 0) is 16.1 Å². The van der Waals surface area contributed by atoms with Crippen molar-refractivity contribution in [1.82, 2.24) is 4.98 Å². The van der Waals surface area contributed by atoms with E-state index in [1.807, 2.05) is 40.6 Å². The summed E-state index contributed by atoms with van der Waals surface area (Å²) in [6.45, 7) is 2.27. The van der Waals surface area contributed by atoms with Crippen LogP contribution in [0.3, 0.4) is 0 Å². The monoisotopic (exact) mass is 425 g/mol. The molecule has 0 aliphatic carbocycles. The van der Waals surface area contributed by atoms with Crippen molar-refractivity contribution in [2.75, 3.05) is 31.2 Å². The molecule has 4 rings (SSSR count). The van der Waals surface area contributed by atoms with Gasteiger partial charge in [0.2, 0.25) is 0 Å². The largest absolute Gasteiger partial charge is 0.455 e. The fourth-order valence-corrected chi connectivity index (χ4v) is 4.00. The van der Waals surface area contributed by atoms with E-state index in [0.717, 1.165) is 10.6 Å². The average molecular weight is 425 g/mol. The van der Waals surface area contributed by atoms with Gasteiger partial charge in [0.05, 0.1) is 35.1 Å². The van der Waals surface area contributed by atoms with E-state index >= 15 is 0 Å². The van der Waals surface area contributed by atoms with E-state index in [2.05, 4.69) is 4.98 Å². The van der Waals surface area contributed by atoms with Crippen molar-refractivity contribution in [2.24, 2.45) is 0 Å². The second kappa shape index (κ2) is 9.02. The SMILES string of the molecule is O=C(OCc1csc(-c2ccccc2)n1)c1cc([N+](=O)[O-])ccc1N1CCOCC1. The standard InChI is InChI=1S/C21H19N3O5S/c25-21(29-13-16-14-30-20(22-16)15-4-2-1-3-5-15)18-12-17(24(26)27)6-7-19(18)23-8-10-28-11-9-23/h1-7,12,14H,8-11,13H2. The number of rotatable bonds is 6. The van der Waals surface area contributed by atoms with Gasteiger partial charge >= 0.3 is 5.97 Å². The van der Waals surface area contributed by atoms with E-state index in [1.165, 1.54) is 23.5 Å². The number of nitrogens with zero attached hydrogens (tertiary/aromatic N) is 3. The smallest absolute Gasteiger partial charge is 0.340 e. The van der Waals surface area contributed by atoms with Gasteiger partial charge < -0.3 is 14.4 Å². The van der Waals surface area contributed by atoms with Gasteiger partial charge in [-0.3, -0.25) is 10.1 Å². The number of hydrogen-bond donors (Lipinski definition) is 0. The molecule has 0 radical (unpaired) electrons. The second-order valence-corrected chi connectivity index (χ2v) is 7.50. The summed E-state index contributed by atoms with van der Waals surface area (Å²) in [5.41, 5.74) is 2.25. The molecular weight excluding hydrogens is 406 g/mol. The van der Waals surface area contributed by atoms with Crippen LogP contribution < -0.4 is 4.90 Å². The number of morpholine rings is 1. The summed E-state index contributed by atoms with van der Waals surface area (Å²) >= 11 is 1.47. The minimum atomic E-state index is -0.616. The summed E-state index contributed by atoms with van der Waals surface area (Å²) in [6, 6.07) is 14.0. The maximum absolute atomic E-state index is 12.8. The summed E-state index contributed by atoms with van der Waals surface area (Å²) in [6.07, 6.45) is 0. The van der Waals surface area contributed by atoms with Crippen LogP contribution in [0.4, 0.5) is 11.4 Å². The van der Waals surface area contributed by atoms with E-state index < -0.39 is 10.9 Å². The molecule has 1 fully saturated rings. The number of nitro benzene ring substituents is 1. The van der Waals surface area contributed by atoms with Crippen LogP contribution in [0.1, 0.15) is 16.1 Å². The number of benzene rings is 2. The van der Waals surface area contributed by atoms with Gasteiger partial charge in [0.15, 0.2) is 0 Å². The molecule has 0 atom stereocenters. The zero-order valence-electron chi connectivity index (χ0n) is 16.0. The van der Waals surface area contributed by atoms with Crippen molar-refractivity contribution in [2.45, 2.75) is 6.61 Å². The van der Waals surface area contributed by atoms with Gasteiger partial charge in [-0.15, -0.1) is 11.3 Å². The van der Waals surface area contributed by atoms with Crippen molar-refractivity contribution >= 4 is 28.7 Å². The number of aromatic nitrogens is 1. The van der Waals surface area contributed by atoms with Gasteiger partial charge in [-0.25, -0.2) is 9.78 Å². The maximum Gasteiger partial charge on any atom is 0.340 e. The topological polar surface area (TPSA) is 94.8 Å². The van der Waals surface area contributed by atoms with Crippen molar-refractivity contribution in [1.29, 1.82) is 0 Å². The van der Waals surface area contributed by atoms with Crippen LogP contribution in [0, 0.1) is 10.1 Å². The highest BCUT2D eigenvalue weighted by Gasteiger charge is 2.23. The van der Waals surface area contributed by atoms with Gasteiger partial charge in [-0.05, 0) is 6.07 Å². The number of ether oxygens (including phenoxy) is 2. The zero-order valence-corrected chi connectivity index (χ0v) is 16.8. The summed E-state index contributed by atoms with van der Waals surface area (Å²) in [7, 11) is 0. The van der Waals surface area contributed by atoms with Crippen molar-refractivity contribution in [3.8, 4) is 10.6 Å². The molecule has 3 aromatic rings. The van der Waals surface area contributed by atoms with Crippen LogP contribution >= 0.6 is 11.3 Å². The highest BCUT2D eigenvalue weighted by Crippen LogP contribution is 2.28. The normalized spacial score (nSPS) is 13.8. The molecule has 154 valence electrons. The molecule has 2 aromatic carbocycles. The van der Waals surface area contributed by atoms with Crippen LogP contribution in [0.15, 0.2) is 53.9 Å². The van der Waals surface area contributed by atoms with Crippen molar-refractivity contribution in [3.05, 3.63) is 75.3 Å². The minimum absolute atomic E-state index is 0.00654. The molecular formula is C21H19N3O5S. The maximum atomic E-state index is 12.8. The minimum Gasteiger partial charge on any atom is -0.455 e. The summed E-state index contributed by atoms with van der Waals surface area (Å²) in [5, 5.41) is 13.9.